The van der Waals surface area contributed by atoms with Crippen LogP contribution >= 0.6 is 0 Å². The largest absolute Gasteiger partial charge is 0.368 e. The van der Waals surface area contributed by atoms with Gasteiger partial charge in [0.1, 0.15) is 0 Å². The van der Waals surface area contributed by atoms with Crippen LogP contribution in [0.1, 0.15) is 112 Å². The first-order chi connectivity index (χ1) is 26.0. The monoisotopic (exact) mass is 724 g/mol. The Morgan fingerprint density at radius 3 is 1.43 bits per heavy atom. The lowest BCUT2D eigenvalue weighted by Crippen LogP contribution is -2.99. The van der Waals surface area contributed by atoms with Crippen molar-refractivity contribution in [3.05, 3.63) is 81.9 Å². The fraction of sp³-hybridized carbons (Fsp3) is 0.520. The first kappa shape index (κ1) is 29.0. The maximum absolute atomic E-state index is 17.4. The Kier molecular flexibility index (Phi) is 4.12. The lowest BCUT2D eigenvalue weighted by atomic mass is 9.20. The summed E-state index contributed by atoms with van der Waals surface area (Å²) in [7, 11) is -0.946. The van der Waals surface area contributed by atoms with Crippen LogP contribution < -0.4 is 9.80 Å². The molecule has 4 aromatic rings. The molecule has 12 unspecified atom stereocenters. The van der Waals surface area contributed by atoms with Crippen LogP contribution in [0.3, 0.4) is 0 Å². The minimum absolute atomic E-state index is 0.0431. The summed E-state index contributed by atoms with van der Waals surface area (Å²) in [6.45, 7) is 12.9. The molecular weight excluding hydrogens is 677 g/mol. The van der Waals surface area contributed by atoms with Gasteiger partial charge in [0, 0.05) is 69.0 Å². The molecule has 0 radical (unpaired) electrons. The number of piperidine rings is 2. The predicted octanol–water partition coefficient (Wildman–Crippen LogP) is 10.2. The summed E-state index contributed by atoms with van der Waals surface area (Å²) in [5.74, 6) is 1.20. The smallest absolute Gasteiger partial charge is 0.0599 e. The summed E-state index contributed by atoms with van der Waals surface area (Å²) in [5, 5.41) is 5.76. The van der Waals surface area contributed by atoms with E-state index in [1.165, 1.54) is 93.7 Å². The third-order valence-corrected chi connectivity index (χ3v) is 24.7. The van der Waals surface area contributed by atoms with Crippen LogP contribution in [0.5, 0.6) is 0 Å². The number of hydrogen-bond donors (Lipinski definition) is 0. The van der Waals surface area contributed by atoms with Crippen LogP contribution in [0.15, 0.2) is 48.5 Å². The standard InChI is InChI=1S/C50H48N2OS/c1-43-11-9-37-41(43)47-13-15-51(37)35-21-29-7-5-27-17-33(19-31(23-35)39(27)29)45(47,3)25-49(43,47)54(53)50-26-46(4)34-18-28-6-8-30-22-36(24-32(20-34)40(28)30)52-16-14-48(46,50)42-38(52)10-12-44(42,50)2/h5-8,17-24,37-38,41-42H,9-16,25-26H2,1-4H3. The third-order valence-electron chi connectivity index (χ3n) is 21.5. The molecule has 0 amide bonds. The molecule has 3 nitrogen and oxygen atoms in total. The van der Waals surface area contributed by atoms with Gasteiger partial charge in [-0.15, -0.1) is 0 Å². The van der Waals surface area contributed by atoms with E-state index in [-0.39, 0.29) is 42.0 Å². The lowest BCUT2D eigenvalue weighted by Gasteiger charge is -2.94. The molecule has 6 heterocycles. The van der Waals surface area contributed by atoms with Gasteiger partial charge in [0.25, 0.3) is 0 Å². The van der Waals surface area contributed by atoms with E-state index in [0.717, 1.165) is 25.9 Å². The van der Waals surface area contributed by atoms with Crippen LogP contribution in [0.25, 0.3) is 45.8 Å². The Labute approximate surface area is 320 Å². The van der Waals surface area contributed by atoms with E-state index in [9.17, 15) is 0 Å². The van der Waals surface area contributed by atoms with Crippen molar-refractivity contribution in [2.45, 2.75) is 111 Å². The molecule has 18 rings (SSSR count). The van der Waals surface area contributed by atoms with Gasteiger partial charge in [-0.2, -0.15) is 0 Å². The van der Waals surface area contributed by atoms with Gasteiger partial charge >= 0.3 is 0 Å². The summed E-state index contributed by atoms with van der Waals surface area (Å²) in [6, 6.07) is 21.6. The topological polar surface area (TPSA) is 23.6 Å². The number of hydrogen-bond acceptors (Lipinski definition) is 3. The highest BCUT2D eigenvalue weighted by molar-refractivity contribution is 7.88. The normalized spacial score (nSPS) is 49.9. The molecule has 0 aromatic heterocycles. The average molecular weight is 725 g/mol. The maximum Gasteiger partial charge on any atom is 0.0599 e. The lowest BCUT2D eigenvalue weighted by molar-refractivity contribution is -0.305. The first-order valence-electron chi connectivity index (χ1n) is 21.6. The molecule has 4 aromatic carbocycles. The summed E-state index contributed by atoms with van der Waals surface area (Å²) in [6.07, 6.45) is 19.1. The molecule has 2 spiro atoms. The molecule has 8 aliphatic carbocycles. The Hall–Kier alpha value is -3.37. The van der Waals surface area contributed by atoms with Gasteiger partial charge in [-0.25, -0.2) is 0 Å². The van der Waals surface area contributed by atoms with Crippen molar-refractivity contribution in [2.75, 3.05) is 22.9 Å². The van der Waals surface area contributed by atoms with Crippen molar-refractivity contribution < 1.29 is 4.21 Å². The van der Waals surface area contributed by atoms with Crippen molar-refractivity contribution in [3.8, 4) is 0 Å². The van der Waals surface area contributed by atoms with Gasteiger partial charge < -0.3 is 9.80 Å². The van der Waals surface area contributed by atoms with Crippen LogP contribution in [0, 0.1) is 33.5 Å². The van der Waals surface area contributed by atoms with Crippen molar-refractivity contribution in [1.29, 1.82) is 0 Å². The fourth-order valence-corrected chi connectivity index (χ4v) is 24.5. The Bertz CT molecular complexity index is 2580. The van der Waals surface area contributed by atoms with E-state index >= 15 is 4.21 Å². The highest BCUT2D eigenvalue weighted by atomic mass is 32.2. The van der Waals surface area contributed by atoms with Gasteiger partial charge in [0.05, 0.1) is 9.49 Å². The zero-order valence-electron chi connectivity index (χ0n) is 32.0. The third kappa shape index (κ3) is 2.19. The Balaban J connectivity index is 0.940. The predicted molar refractivity (Wildman–Crippen MR) is 221 cm³/mol. The van der Waals surface area contributed by atoms with E-state index in [1.807, 2.05) is 0 Å². The number of anilines is 2. The van der Waals surface area contributed by atoms with Gasteiger partial charge in [-0.3, -0.25) is 4.21 Å². The van der Waals surface area contributed by atoms with Gasteiger partial charge in [-0.1, -0.05) is 76.3 Å². The van der Waals surface area contributed by atoms with E-state index in [2.05, 4.69) is 110 Å². The SMILES string of the molecule is CC12CC3(S(=O)C45CC6(C)c7cc8c9c(cc(cc9c7)N7CCC64C4C7CCC45C)C=C8)C4(C)CCC5C4C13CCN5c1cc3c4c(cc2cc4c1)C=C3. The van der Waals surface area contributed by atoms with Gasteiger partial charge in [0.15, 0.2) is 0 Å². The zero-order chi connectivity index (χ0) is 35.5. The summed E-state index contributed by atoms with van der Waals surface area (Å²) in [5.41, 5.74) is 12.1. The second-order valence-corrected chi connectivity index (χ2v) is 23.8. The molecule has 8 fully saturated rings. The van der Waals surface area contributed by atoms with Crippen LogP contribution in [-0.4, -0.2) is 38.9 Å². The zero-order valence-corrected chi connectivity index (χ0v) is 32.8. The summed E-state index contributed by atoms with van der Waals surface area (Å²) in [4.78, 5) is 5.72. The maximum atomic E-state index is 17.4. The number of fused-ring (bicyclic) bond motifs is 4. The average Bonchev–Trinajstić information content (AvgIpc) is 3.95. The van der Waals surface area contributed by atoms with Crippen LogP contribution in [-0.2, 0) is 21.6 Å². The highest BCUT2D eigenvalue weighted by Gasteiger charge is 3.00. The van der Waals surface area contributed by atoms with E-state index in [4.69, 9.17) is 0 Å². The number of rotatable bonds is 2. The molecule has 6 aliphatic heterocycles. The first-order valence-corrected chi connectivity index (χ1v) is 22.7. The minimum atomic E-state index is -0.946. The quantitative estimate of drug-likeness (QED) is 0.178. The van der Waals surface area contributed by atoms with Crippen molar-refractivity contribution in [3.63, 3.8) is 0 Å². The molecule has 0 N–H and O–H groups in total. The number of benzene rings is 4. The molecule has 4 heteroatoms. The van der Waals surface area contributed by atoms with E-state index < -0.39 is 10.8 Å². The van der Waals surface area contributed by atoms with Crippen LogP contribution in [0.2, 0.25) is 0 Å². The molecular formula is C50H48N2OS. The summed E-state index contributed by atoms with van der Waals surface area (Å²) < 4.78 is 17.1. The molecule has 270 valence electrons. The molecule has 6 saturated carbocycles. The second kappa shape index (κ2) is 7.68. The molecule has 10 bridgehead atoms. The number of nitrogens with zero attached hydrogens (tertiary/aromatic N) is 2. The van der Waals surface area contributed by atoms with Gasteiger partial charge in [0.2, 0.25) is 0 Å². The van der Waals surface area contributed by atoms with Gasteiger partial charge in [-0.05, 0) is 153 Å². The molecule has 54 heavy (non-hydrogen) atoms. The fourth-order valence-electron chi connectivity index (χ4n) is 20.2. The highest BCUT2D eigenvalue weighted by Crippen LogP contribution is 2.97. The summed E-state index contributed by atoms with van der Waals surface area (Å²) >= 11 is 0. The van der Waals surface area contributed by atoms with E-state index in [0.29, 0.717) is 23.9 Å². The van der Waals surface area contributed by atoms with Crippen molar-refractivity contribution in [2.24, 2.45) is 33.5 Å². The minimum Gasteiger partial charge on any atom is -0.368 e. The molecule has 2 saturated heterocycles. The van der Waals surface area contributed by atoms with Crippen molar-refractivity contribution in [1.82, 2.24) is 0 Å². The second-order valence-electron chi connectivity index (χ2n) is 21.8. The van der Waals surface area contributed by atoms with E-state index in [1.54, 1.807) is 11.1 Å². The van der Waals surface area contributed by atoms with Crippen LogP contribution in [0.4, 0.5) is 11.4 Å². The Morgan fingerprint density at radius 2 is 0.981 bits per heavy atom. The van der Waals surface area contributed by atoms with Crippen molar-refractivity contribution >= 4 is 68.0 Å². The Morgan fingerprint density at radius 1 is 0.556 bits per heavy atom. The molecule has 12 atom stereocenters. The molecule has 14 aliphatic rings.